The molecule has 1 heterocycles. The normalized spacial score (nSPS) is 21.1. The molecule has 0 saturated carbocycles. The van der Waals surface area contributed by atoms with Crippen LogP contribution in [0, 0.1) is 16.0 Å². The van der Waals surface area contributed by atoms with E-state index in [0.29, 0.717) is 26.3 Å². The maximum atomic E-state index is 10.9. The Morgan fingerprint density at radius 1 is 1.67 bits per heavy atom. The van der Waals surface area contributed by atoms with Gasteiger partial charge in [-0.1, -0.05) is 0 Å². The molecule has 1 saturated heterocycles. The Hall–Kier alpha value is -0.590. The van der Waals surface area contributed by atoms with Crippen LogP contribution in [0.3, 0.4) is 0 Å². The van der Waals surface area contributed by atoms with Crippen molar-refractivity contribution < 1.29 is 9.66 Å². The molecule has 0 aromatic heterocycles. The van der Waals surface area contributed by atoms with Crippen LogP contribution in [0.25, 0.3) is 0 Å². The first-order chi connectivity index (χ1) is 8.39. The minimum absolute atomic E-state index is 0.0743. The summed E-state index contributed by atoms with van der Waals surface area (Å²) in [7, 11) is 1.67. The van der Waals surface area contributed by atoms with Crippen LogP contribution >= 0.6 is 23.2 Å². The first-order valence-electron chi connectivity index (χ1n) is 5.75. The summed E-state index contributed by atoms with van der Waals surface area (Å²) in [6, 6.07) is 0. The molecule has 104 valence electrons. The summed E-state index contributed by atoms with van der Waals surface area (Å²) in [5.74, 6) is 0.353. The molecule has 0 radical (unpaired) electrons. The standard InChI is InChI=1S/C10H17Cl2N3O3/c1-3-14(2)9(10(11,12)15(16)17)13-6-8-4-5-18-7-8/h8H,3-7H2,1-2H3. The van der Waals surface area contributed by atoms with Gasteiger partial charge < -0.3 is 9.64 Å². The molecule has 0 amide bonds. The van der Waals surface area contributed by atoms with Crippen molar-refractivity contribution in [2.45, 2.75) is 17.8 Å². The average Bonchev–Trinajstić information content (AvgIpc) is 2.81. The largest absolute Gasteiger partial charge is 0.428 e. The van der Waals surface area contributed by atoms with Crippen LogP contribution < -0.4 is 0 Å². The lowest BCUT2D eigenvalue weighted by molar-refractivity contribution is -0.497. The number of rotatable bonds is 5. The highest BCUT2D eigenvalue weighted by molar-refractivity contribution is 6.57. The smallest absolute Gasteiger partial charge is 0.381 e. The SMILES string of the molecule is CCN(C)C(=NCC1CCOC1)C(Cl)(Cl)[N+](=O)[O-]. The monoisotopic (exact) mass is 297 g/mol. The van der Waals surface area contributed by atoms with E-state index in [4.69, 9.17) is 27.9 Å². The number of aliphatic imine (C=N–C) groups is 1. The van der Waals surface area contributed by atoms with Crippen molar-refractivity contribution in [1.82, 2.24) is 4.90 Å². The second-order valence-corrected chi connectivity index (χ2v) is 5.49. The van der Waals surface area contributed by atoms with E-state index in [0.717, 1.165) is 6.42 Å². The van der Waals surface area contributed by atoms with Gasteiger partial charge in [-0.15, -0.1) is 0 Å². The molecule has 0 aromatic rings. The third-order valence-electron chi connectivity index (χ3n) is 2.86. The van der Waals surface area contributed by atoms with Gasteiger partial charge in [-0.25, -0.2) is 0 Å². The van der Waals surface area contributed by atoms with Gasteiger partial charge >= 0.3 is 4.46 Å². The van der Waals surface area contributed by atoms with E-state index in [9.17, 15) is 10.1 Å². The average molecular weight is 298 g/mol. The van der Waals surface area contributed by atoms with Gasteiger partial charge in [0.05, 0.1) is 11.5 Å². The van der Waals surface area contributed by atoms with Gasteiger partial charge in [-0.05, 0) is 36.5 Å². The molecular weight excluding hydrogens is 281 g/mol. The lowest BCUT2D eigenvalue weighted by Crippen LogP contribution is -2.45. The van der Waals surface area contributed by atoms with Gasteiger partial charge in [0, 0.05) is 32.7 Å². The Bertz CT molecular complexity index is 330. The van der Waals surface area contributed by atoms with Crippen LogP contribution in [0.4, 0.5) is 0 Å². The minimum Gasteiger partial charge on any atom is -0.381 e. The Morgan fingerprint density at radius 2 is 2.33 bits per heavy atom. The zero-order chi connectivity index (χ0) is 13.8. The first-order valence-corrected chi connectivity index (χ1v) is 6.51. The molecule has 6 nitrogen and oxygen atoms in total. The highest BCUT2D eigenvalue weighted by atomic mass is 35.5. The number of hydrogen-bond acceptors (Lipinski definition) is 4. The van der Waals surface area contributed by atoms with Crippen molar-refractivity contribution in [3.05, 3.63) is 10.1 Å². The van der Waals surface area contributed by atoms with Crippen molar-refractivity contribution in [3.63, 3.8) is 0 Å². The van der Waals surface area contributed by atoms with Gasteiger partial charge in [-0.2, -0.15) is 0 Å². The number of alkyl halides is 2. The number of hydrogen-bond donors (Lipinski definition) is 0. The van der Waals surface area contributed by atoms with E-state index in [1.807, 2.05) is 6.92 Å². The van der Waals surface area contributed by atoms with E-state index >= 15 is 0 Å². The predicted molar refractivity (Wildman–Crippen MR) is 71.0 cm³/mol. The molecule has 8 heteroatoms. The van der Waals surface area contributed by atoms with Crippen LogP contribution in [0.5, 0.6) is 0 Å². The zero-order valence-corrected chi connectivity index (χ0v) is 11.9. The predicted octanol–water partition coefficient (Wildman–Crippen LogP) is 1.78. The van der Waals surface area contributed by atoms with Gasteiger partial charge in [0.2, 0.25) is 5.84 Å². The third kappa shape index (κ3) is 3.70. The van der Waals surface area contributed by atoms with Crippen LogP contribution in [-0.4, -0.2) is 53.5 Å². The Kier molecular flexibility index (Phi) is 5.62. The Balaban J connectivity index is 2.83. The first kappa shape index (κ1) is 15.5. The highest BCUT2D eigenvalue weighted by Gasteiger charge is 2.46. The van der Waals surface area contributed by atoms with Gasteiger partial charge in [-0.3, -0.25) is 15.1 Å². The molecule has 0 bridgehead atoms. The quantitative estimate of drug-likeness (QED) is 0.194. The van der Waals surface area contributed by atoms with Gasteiger partial charge in [0.1, 0.15) is 0 Å². The summed E-state index contributed by atoms with van der Waals surface area (Å²) in [5.41, 5.74) is 0. The van der Waals surface area contributed by atoms with Crippen LogP contribution in [0.2, 0.25) is 0 Å². The van der Waals surface area contributed by atoms with Crippen LogP contribution in [0.1, 0.15) is 13.3 Å². The van der Waals surface area contributed by atoms with E-state index in [1.165, 1.54) is 0 Å². The number of nitro groups is 1. The molecule has 1 aliphatic rings. The molecule has 0 N–H and O–H groups in total. The van der Waals surface area contributed by atoms with Crippen molar-refractivity contribution >= 4 is 29.0 Å². The molecule has 18 heavy (non-hydrogen) atoms. The summed E-state index contributed by atoms with van der Waals surface area (Å²) >= 11 is 11.5. The summed E-state index contributed by atoms with van der Waals surface area (Å²) in [6.45, 7) is 4.16. The summed E-state index contributed by atoms with van der Waals surface area (Å²) in [5, 5.41) is 10.9. The van der Waals surface area contributed by atoms with Crippen molar-refractivity contribution in [2.75, 3.05) is 33.4 Å². The van der Waals surface area contributed by atoms with Crippen molar-refractivity contribution in [2.24, 2.45) is 10.9 Å². The fourth-order valence-electron chi connectivity index (χ4n) is 1.62. The van der Waals surface area contributed by atoms with E-state index in [-0.39, 0.29) is 11.8 Å². The summed E-state index contributed by atoms with van der Waals surface area (Å²) < 4.78 is 3.02. The van der Waals surface area contributed by atoms with Crippen LogP contribution in [-0.2, 0) is 4.74 Å². The molecule has 1 atom stereocenters. The number of likely N-dealkylation sites (N-methyl/N-ethyl adjacent to an activating group) is 1. The zero-order valence-electron chi connectivity index (χ0n) is 10.4. The topological polar surface area (TPSA) is 68.0 Å². The van der Waals surface area contributed by atoms with Crippen molar-refractivity contribution in [1.29, 1.82) is 0 Å². The highest BCUT2D eigenvalue weighted by Crippen LogP contribution is 2.26. The van der Waals surface area contributed by atoms with Crippen molar-refractivity contribution in [3.8, 4) is 0 Å². The molecule has 1 aliphatic heterocycles. The molecule has 0 aliphatic carbocycles. The Morgan fingerprint density at radius 3 is 2.78 bits per heavy atom. The summed E-state index contributed by atoms with van der Waals surface area (Å²) in [6.07, 6.45) is 0.905. The number of nitrogens with zero attached hydrogens (tertiary/aromatic N) is 3. The number of ether oxygens (including phenoxy) is 1. The van der Waals surface area contributed by atoms with E-state index in [1.54, 1.807) is 11.9 Å². The lowest BCUT2D eigenvalue weighted by Gasteiger charge is -2.23. The van der Waals surface area contributed by atoms with Gasteiger partial charge in [0.15, 0.2) is 0 Å². The lowest BCUT2D eigenvalue weighted by atomic mass is 10.1. The maximum absolute atomic E-state index is 10.9. The fourth-order valence-corrected chi connectivity index (χ4v) is 2.03. The summed E-state index contributed by atoms with van der Waals surface area (Å²) in [4.78, 5) is 16.0. The maximum Gasteiger partial charge on any atom is 0.428 e. The van der Waals surface area contributed by atoms with Crippen LogP contribution in [0.15, 0.2) is 4.99 Å². The molecule has 0 aromatic carbocycles. The Labute approximate surface area is 116 Å². The van der Waals surface area contributed by atoms with E-state index < -0.39 is 9.38 Å². The number of amidine groups is 1. The second kappa shape index (κ2) is 6.54. The third-order valence-corrected chi connectivity index (χ3v) is 3.47. The van der Waals surface area contributed by atoms with Gasteiger partial charge in [0.25, 0.3) is 0 Å². The molecule has 1 rings (SSSR count). The fraction of sp³-hybridized carbons (Fsp3) is 0.900. The molecular formula is C10H17Cl2N3O3. The van der Waals surface area contributed by atoms with E-state index in [2.05, 4.69) is 4.99 Å². The molecule has 0 spiro atoms. The minimum atomic E-state index is -2.20. The second-order valence-electron chi connectivity index (χ2n) is 4.21. The number of halogens is 2. The molecule has 1 unspecified atom stereocenters. The molecule has 1 fully saturated rings.